The number of ether oxygens (including phenoxy) is 1. The molecule has 2 N–H and O–H groups in total. The van der Waals surface area contributed by atoms with E-state index in [0.29, 0.717) is 25.9 Å². The highest BCUT2D eigenvalue weighted by atomic mass is 16.5. The van der Waals surface area contributed by atoms with E-state index in [0.717, 1.165) is 24.3 Å². The highest BCUT2D eigenvalue weighted by Crippen LogP contribution is 2.59. The number of carbonyl (C=O) groups excluding carboxylic acids is 1. The maximum absolute atomic E-state index is 12.1. The number of aliphatic hydroxyl groups excluding tert-OH is 2. The van der Waals surface area contributed by atoms with E-state index in [4.69, 9.17) is 4.74 Å². The Labute approximate surface area is 152 Å². The zero-order valence-corrected chi connectivity index (χ0v) is 16.4. The third kappa shape index (κ3) is 4.01. The summed E-state index contributed by atoms with van der Waals surface area (Å²) in [4.78, 5) is 12.1. The Morgan fingerprint density at radius 2 is 2.04 bits per heavy atom. The molecular weight excluding hydrogens is 316 g/mol. The number of allylic oxidation sites excluding steroid dienone is 1. The fraction of sp³-hybridized carbons (Fsp3) is 0.857. The van der Waals surface area contributed by atoms with Crippen molar-refractivity contribution in [1.82, 2.24) is 0 Å². The minimum absolute atomic E-state index is 0.0403. The zero-order valence-electron chi connectivity index (χ0n) is 16.4. The lowest BCUT2D eigenvalue weighted by Gasteiger charge is -2.58. The second kappa shape index (κ2) is 8.32. The van der Waals surface area contributed by atoms with Crippen molar-refractivity contribution < 1.29 is 19.7 Å². The molecule has 144 valence electrons. The van der Waals surface area contributed by atoms with E-state index < -0.39 is 16.9 Å². The van der Waals surface area contributed by atoms with Gasteiger partial charge in [-0.2, -0.15) is 0 Å². The summed E-state index contributed by atoms with van der Waals surface area (Å²) < 4.78 is 6.19. The summed E-state index contributed by atoms with van der Waals surface area (Å²) in [7, 11) is 0. The third-order valence-electron chi connectivity index (χ3n) is 6.67. The molecule has 1 saturated carbocycles. The van der Waals surface area contributed by atoms with Crippen LogP contribution in [0.3, 0.4) is 0 Å². The smallest absolute Gasteiger partial charge is 0.156 e. The first-order valence-electron chi connectivity index (χ1n) is 9.89. The standard InChI is InChI=1S/C21H36O4/c1-15(2)8-6-5-7-11-25-19-18(24)9-10-21(14-22)13-17(23)12-16(3)20(19,21)4/h12,15,18-19,22,24H,5-11,13-14H2,1-4H3. The number of carbonyl (C=O) groups is 1. The predicted octanol–water partition coefficient (Wildman–Crippen LogP) is 3.65. The summed E-state index contributed by atoms with van der Waals surface area (Å²) in [6.45, 7) is 9.07. The molecule has 25 heavy (non-hydrogen) atoms. The first kappa shape index (κ1) is 20.6. The van der Waals surface area contributed by atoms with Crippen molar-refractivity contribution in [3.63, 3.8) is 0 Å². The molecule has 4 nitrogen and oxygen atoms in total. The van der Waals surface area contributed by atoms with Gasteiger partial charge >= 0.3 is 0 Å². The van der Waals surface area contributed by atoms with E-state index in [1.54, 1.807) is 6.08 Å². The molecule has 4 unspecified atom stereocenters. The SMILES string of the molecule is CC1=CC(=O)CC2(CO)CCC(O)C(OCCCCCC(C)C)C12C. The van der Waals surface area contributed by atoms with Gasteiger partial charge in [-0.05, 0) is 38.2 Å². The van der Waals surface area contributed by atoms with E-state index in [9.17, 15) is 15.0 Å². The van der Waals surface area contributed by atoms with Crippen molar-refractivity contribution in [3.05, 3.63) is 11.6 Å². The molecule has 0 amide bonds. The van der Waals surface area contributed by atoms with Gasteiger partial charge in [-0.1, -0.05) is 45.6 Å². The third-order valence-corrected chi connectivity index (χ3v) is 6.67. The van der Waals surface area contributed by atoms with Crippen molar-refractivity contribution >= 4 is 5.78 Å². The summed E-state index contributed by atoms with van der Waals surface area (Å²) in [5, 5.41) is 20.8. The molecule has 0 aromatic heterocycles. The minimum atomic E-state index is -0.545. The Hall–Kier alpha value is -0.710. The van der Waals surface area contributed by atoms with Gasteiger partial charge in [0, 0.05) is 23.9 Å². The average molecular weight is 353 g/mol. The highest BCUT2D eigenvalue weighted by molar-refractivity contribution is 5.92. The second-order valence-electron chi connectivity index (χ2n) is 8.75. The molecule has 0 bridgehead atoms. The topological polar surface area (TPSA) is 66.8 Å². The summed E-state index contributed by atoms with van der Waals surface area (Å²) in [6.07, 6.45) is 6.93. The van der Waals surface area contributed by atoms with E-state index in [-0.39, 0.29) is 18.5 Å². The average Bonchev–Trinajstić information content (AvgIpc) is 2.54. The van der Waals surface area contributed by atoms with Crippen molar-refractivity contribution in [2.75, 3.05) is 13.2 Å². The van der Waals surface area contributed by atoms with Gasteiger partial charge in [0.05, 0.1) is 18.8 Å². The Bertz CT molecular complexity index is 498. The molecule has 0 spiro atoms. The van der Waals surface area contributed by atoms with Crippen LogP contribution < -0.4 is 0 Å². The molecule has 0 aliphatic heterocycles. The largest absolute Gasteiger partial charge is 0.396 e. The molecule has 0 aromatic rings. The van der Waals surface area contributed by atoms with Crippen LogP contribution in [0.1, 0.15) is 72.6 Å². The number of hydrogen-bond acceptors (Lipinski definition) is 4. The lowest BCUT2D eigenvalue weighted by Crippen LogP contribution is -2.61. The molecule has 4 heteroatoms. The van der Waals surface area contributed by atoms with Gasteiger partial charge in [-0.25, -0.2) is 0 Å². The number of ketones is 1. The van der Waals surface area contributed by atoms with Crippen molar-refractivity contribution in [2.45, 2.75) is 84.8 Å². The number of hydrogen-bond donors (Lipinski definition) is 2. The predicted molar refractivity (Wildman–Crippen MR) is 99.3 cm³/mol. The van der Waals surface area contributed by atoms with Crippen molar-refractivity contribution in [3.8, 4) is 0 Å². The van der Waals surface area contributed by atoms with Gasteiger partial charge in [0.1, 0.15) is 0 Å². The second-order valence-corrected chi connectivity index (χ2v) is 8.75. The number of fused-ring (bicyclic) bond motifs is 1. The van der Waals surface area contributed by atoms with Crippen LogP contribution in [0.4, 0.5) is 0 Å². The molecule has 0 heterocycles. The number of rotatable bonds is 8. The molecule has 2 rings (SSSR count). The summed E-state index contributed by atoms with van der Waals surface area (Å²) in [5.74, 6) is 0.811. The first-order chi connectivity index (χ1) is 11.8. The Morgan fingerprint density at radius 3 is 2.68 bits per heavy atom. The van der Waals surface area contributed by atoms with Gasteiger partial charge in [-0.15, -0.1) is 0 Å². The first-order valence-corrected chi connectivity index (χ1v) is 9.89. The fourth-order valence-electron chi connectivity index (χ4n) is 4.83. The molecule has 2 aliphatic carbocycles. The Balaban J connectivity index is 2.07. The molecule has 1 fully saturated rings. The summed E-state index contributed by atoms with van der Waals surface area (Å²) >= 11 is 0. The van der Waals surface area contributed by atoms with Crippen LogP contribution in [0.2, 0.25) is 0 Å². The van der Waals surface area contributed by atoms with Gasteiger partial charge in [0.2, 0.25) is 0 Å². The van der Waals surface area contributed by atoms with Gasteiger partial charge < -0.3 is 14.9 Å². The quantitative estimate of drug-likeness (QED) is 0.655. The lowest BCUT2D eigenvalue weighted by molar-refractivity contribution is -0.185. The maximum atomic E-state index is 12.1. The highest BCUT2D eigenvalue weighted by Gasteiger charge is 2.60. The van der Waals surface area contributed by atoms with Crippen LogP contribution in [-0.4, -0.2) is 41.4 Å². The van der Waals surface area contributed by atoms with Crippen LogP contribution in [0.5, 0.6) is 0 Å². The van der Waals surface area contributed by atoms with Crippen LogP contribution in [0, 0.1) is 16.7 Å². The normalized spacial score (nSPS) is 35.6. The van der Waals surface area contributed by atoms with E-state index in [2.05, 4.69) is 20.8 Å². The monoisotopic (exact) mass is 352 g/mol. The molecular formula is C21H36O4. The van der Waals surface area contributed by atoms with Crippen LogP contribution in [0.15, 0.2) is 11.6 Å². The molecule has 0 radical (unpaired) electrons. The van der Waals surface area contributed by atoms with Gasteiger partial charge in [0.25, 0.3) is 0 Å². The summed E-state index contributed by atoms with van der Waals surface area (Å²) in [6, 6.07) is 0. The van der Waals surface area contributed by atoms with Crippen molar-refractivity contribution in [1.29, 1.82) is 0 Å². The van der Waals surface area contributed by atoms with Gasteiger partial charge in [0.15, 0.2) is 5.78 Å². The lowest BCUT2D eigenvalue weighted by atomic mass is 9.49. The van der Waals surface area contributed by atoms with E-state index >= 15 is 0 Å². The van der Waals surface area contributed by atoms with Crippen LogP contribution >= 0.6 is 0 Å². The fourth-order valence-corrected chi connectivity index (χ4v) is 4.83. The summed E-state index contributed by atoms with van der Waals surface area (Å²) in [5.41, 5.74) is -0.0724. The van der Waals surface area contributed by atoms with Gasteiger partial charge in [-0.3, -0.25) is 4.79 Å². The number of aliphatic hydroxyl groups is 2. The molecule has 4 atom stereocenters. The maximum Gasteiger partial charge on any atom is 0.156 e. The van der Waals surface area contributed by atoms with E-state index in [1.807, 2.05) is 6.92 Å². The minimum Gasteiger partial charge on any atom is -0.396 e. The Morgan fingerprint density at radius 1 is 1.32 bits per heavy atom. The molecule has 0 saturated heterocycles. The Kier molecular flexibility index (Phi) is 6.86. The molecule has 2 aliphatic rings. The molecule has 0 aromatic carbocycles. The van der Waals surface area contributed by atoms with E-state index in [1.165, 1.54) is 12.8 Å². The number of unbranched alkanes of at least 4 members (excludes halogenated alkanes) is 2. The zero-order chi connectivity index (χ0) is 18.7. The van der Waals surface area contributed by atoms with Crippen LogP contribution in [0.25, 0.3) is 0 Å². The van der Waals surface area contributed by atoms with Crippen LogP contribution in [-0.2, 0) is 9.53 Å². The van der Waals surface area contributed by atoms with Crippen molar-refractivity contribution in [2.24, 2.45) is 16.7 Å².